The summed E-state index contributed by atoms with van der Waals surface area (Å²) in [7, 11) is 0. The number of nitrogens with one attached hydrogen (secondary N) is 2. The largest absolute Gasteiger partial charge is 0.331 e. The van der Waals surface area contributed by atoms with Crippen molar-refractivity contribution < 1.29 is 0 Å². The Morgan fingerprint density at radius 1 is 1.14 bits per heavy atom. The van der Waals surface area contributed by atoms with E-state index in [4.69, 9.17) is 35.4 Å². The highest BCUT2D eigenvalue weighted by molar-refractivity contribution is 7.80. The molecule has 0 aliphatic heterocycles. The third-order valence-corrected chi connectivity index (χ3v) is 3.40. The van der Waals surface area contributed by atoms with Gasteiger partial charge in [0.2, 0.25) is 0 Å². The molecule has 0 heterocycles. The number of benzene rings is 2. The van der Waals surface area contributed by atoms with E-state index in [0.29, 0.717) is 15.2 Å². The van der Waals surface area contributed by atoms with Crippen LogP contribution in [0.4, 0.5) is 5.69 Å². The lowest BCUT2D eigenvalue weighted by Crippen LogP contribution is -2.23. The SMILES string of the molecule is Cc1ccc(NC(=S)N/N=C\c2ccc(Cl)cc2Cl)cc1. The lowest BCUT2D eigenvalue weighted by molar-refractivity contribution is 1.05. The van der Waals surface area contributed by atoms with Gasteiger partial charge in [0.25, 0.3) is 0 Å². The summed E-state index contributed by atoms with van der Waals surface area (Å²) < 4.78 is 0. The van der Waals surface area contributed by atoms with Crippen molar-refractivity contribution in [2.24, 2.45) is 5.10 Å². The van der Waals surface area contributed by atoms with E-state index >= 15 is 0 Å². The maximum atomic E-state index is 6.04. The summed E-state index contributed by atoms with van der Waals surface area (Å²) in [6.45, 7) is 2.03. The van der Waals surface area contributed by atoms with Crippen LogP contribution in [0.1, 0.15) is 11.1 Å². The molecular formula is C15H13Cl2N3S. The molecule has 0 aliphatic carbocycles. The van der Waals surface area contributed by atoms with E-state index in [1.54, 1.807) is 24.4 Å². The summed E-state index contributed by atoms with van der Waals surface area (Å²) >= 11 is 17.0. The summed E-state index contributed by atoms with van der Waals surface area (Å²) in [6, 6.07) is 13.1. The van der Waals surface area contributed by atoms with Gasteiger partial charge in [0.15, 0.2) is 5.11 Å². The molecule has 2 aromatic carbocycles. The first-order valence-electron chi connectivity index (χ1n) is 6.16. The van der Waals surface area contributed by atoms with Crippen LogP contribution in [-0.2, 0) is 0 Å². The van der Waals surface area contributed by atoms with Crippen LogP contribution in [0.3, 0.4) is 0 Å². The van der Waals surface area contributed by atoms with Gasteiger partial charge in [0.05, 0.1) is 11.2 Å². The predicted molar refractivity (Wildman–Crippen MR) is 94.6 cm³/mol. The molecule has 0 aliphatic rings. The van der Waals surface area contributed by atoms with Gasteiger partial charge >= 0.3 is 0 Å². The van der Waals surface area contributed by atoms with Crippen molar-refractivity contribution in [3.8, 4) is 0 Å². The number of rotatable bonds is 3. The quantitative estimate of drug-likeness (QED) is 0.487. The van der Waals surface area contributed by atoms with E-state index in [1.165, 1.54) is 5.56 Å². The van der Waals surface area contributed by atoms with E-state index in [1.807, 2.05) is 31.2 Å². The van der Waals surface area contributed by atoms with Crippen molar-refractivity contribution in [2.75, 3.05) is 5.32 Å². The van der Waals surface area contributed by atoms with Gasteiger partial charge in [-0.3, -0.25) is 5.43 Å². The molecule has 21 heavy (non-hydrogen) atoms. The molecule has 108 valence electrons. The van der Waals surface area contributed by atoms with E-state index in [9.17, 15) is 0 Å². The van der Waals surface area contributed by atoms with Gasteiger partial charge in [-0.15, -0.1) is 0 Å². The number of halogens is 2. The summed E-state index contributed by atoms with van der Waals surface area (Å²) in [6.07, 6.45) is 1.59. The zero-order chi connectivity index (χ0) is 15.2. The number of nitrogens with zero attached hydrogens (tertiary/aromatic N) is 1. The van der Waals surface area contributed by atoms with Gasteiger partial charge in [0.1, 0.15) is 0 Å². The number of hydrogen-bond donors (Lipinski definition) is 2. The molecule has 2 N–H and O–H groups in total. The van der Waals surface area contributed by atoms with Gasteiger partial charge in [-0.2, -0.15) is 5.10 Å². The molecule has 2 rings (SSSR count). The van der Waals surface area contributed by atoms with Crippen molar-refractivity contribution in [1.82, 2.24) is 5.43 Å². The number of aryl methyl sites for hydroxylation is 1. The third-order valence-electron chi connectivity index (χ3n) is 2.64. The molecule has 0 bridgehead atoms. The summed E-state index contributed by atoms with van der Waals surface area (Å²) in [5.41, 5.74) is 5.58. The fraction of sp³-hybridized carbons (Fsp3) is 0.0667. The second-order valence-corrected chi connectivity index (χ2v) is 5.61. The first kappa shape index (κ1) is 15.8. The molecule has 0 aromatic heterocycles. The zero-order valence-corrected chi connectivity index (χ0v) is 13.6. The standard InChI is InChI=1S/C15H13Cl2N3S/c1-10-2-6-13(7-3-10)19-15(21)20-18-9-11-4-5-12(16)8-14(11)17/h2-9H,1H3,(H2,19,20,21)/b18-9-. The smallest absolute Gasteiger partial charge is 0.191 e. The number of anilines is 1. The maximum absolute atomic E-state index is 6.04. The molecule has 6 heteroatoms. The highest BCUT2D eigenvalue weighted by atomic mass is 35.5. The van der Waals surface area contributed by atoms with Crippen molar-refractivity contribution in [2.45, 2.75) is 6.92 Å². The van der Waals surface area contributed by atoms with Crippen LogP contribution in [-0.4, -0.2) is 11.3 Å². The molecule has 0 fully saturated rings. The van der Waals surface area contributed by atoms with Gasteiger partial charge < -0.3 is 5.32 Å². The van der Waals surface area contributed by atoms with Gasteiger partial charge in [0, 0.05) is 16.3 Å². The average molecular weight is 338 g/mol. The summed E-state index contributed by atoms with van der Waals surface area (Å²) in [4.78, 5) is 0. The Hall–Kier alpha value is -1.62. The first-order chi connectivity index (χ1) is 10.0. The monoisotopic (exact) mass is 337 g/mol. The second-order valence-electron chi connectivity index (χ2n) is 4.36. The van der Waals surface area contributed by atoms with Crippen LogP contribution < -0.4 is 10.7 Å². The molecule has 0 amide bonds. The first-order valence-corrected chi connectivity index (χ1v) is 7.33. The normalized spacial score (nSPS) is 10.6. The fourth-order valence-corrected chi connectivity index (χ4v) is 2.19. The van der Waals surface area contributed by atoms with Gasteiger partial charge in [-0.25, -0.2) is 0 Å². The van der Waals surface area contributed by atoms with Crippen molar-refractivity contribution in [1.29, 1.82) is 0 Å². The predicted octanol–water partition coefficient (Wildman–Crippen LogP) is 4.62. The Morgan fingerprint density at radius 2 is 1.86 bits per heavy atom. The van der Waals surface area contributed by atoms with E-state index in [2.05, 4.69) is 15.8 Å². The second kappa shape index (κ2) is 7.41. The molecule has 0 saturated carbocycles. The molecule has 0 spiro atoms. The molecule has 0 saturated heterocycles. The van der Waals surface area contributed by atoms with E-state index in [-0.39, 0.29) is 0 Å². The number of hydrazone groups is 1. The minimum Gasteiger partial charge on any atom is -0.331 e. The average Bonchev–Trinajstić information content (AvgIpc) is 2.44. The van der Waals surface area contributed by atoms with Gasteiger partial charge in [-0.05, 0) is 43.4 Å². The van der Waals surface area contributed by atoms with Crippen LogP contribution in [0.5, 0.6) is 0 Å². The summed E-state index contributed by atoms with van der Waals surface area (Å²) in [5.74, 6) is 0. The van der Waals surface area contributed by atoms with Crippen LogP contribution in [0.2, 0.25) is 10.0 Å². The van der Waals surface area contributed by atoms with E-state index < -0.39 is 0 Å². The number of thiocarbonyl (C=S) groups is 1. The molecular weight excluding hydrogens is 325 g/mol. The molecule has 0 radical (unpaired) electrons. The topological polar surface area (TPSA) is 36.4 Å². The van der Waals surface area contributed by atoms with Crippen LogP contribution >= 0.6 is 35.4 Å². The lowest BCUT2D eigenvalue weighted by atomic mass is 10.2. The highest BCUT2D eigenvalue weighted by Crippen LogP contribution is 2.19. The lowest BCUT2D eigenvalue weighted by Gasteiger charge is -2.07. The molecule has 0 atom stereocenters. The van der Waals surface area contributed by atoms with Crippen LogP contribution in [0, 0.1) is 6.92 Å². The molecule has 3 nitrogen and oxygen atoms in total. The Morgan fingerprint density at radius 3 is 2.52 bits per heavy atom. The minimum atomic E-state index is 0.403. The maximum Gasteiger partial charge on any atom is 0.191 e. The highest BCUT2D eigenvalue weighted by Gasteiger charge is 1.99. The Balaban J connectivity index is 1.91. The Labute approximate surface area is 139 Å². The van der Waals surface area contributed by atoms with Crippen molar-refractivity contribution >= 4 is 52.4 Å². The molecule has 0 unspecified atom stereocenters. The van der Waals surface area contributed by atoms with Crippen molar-refractivity contribution in [3.63, 3.8) is 0 Å². The third kappa shape index (κ3) is 5.01. The van der Waals surface area contributed by atoms with E-state index in [0.717, 1.165) is 11.3 Å². The van der Waals surface area contributed by atoms with Crippen molar-refractivity contribution in [3.05, 3.63) is 63.6 Å². The zero-order valence-electron chi connectivity index (χ0n) is 11.2. The van der Waals surface area contributed by atoms with Gasteiger partial charge in [-0.1, -0.05) is 47.0 Å². The van der Waals surface area contributed by atoms with Crippen LogP contribution in [0.25, 0.3) is 0 Å². The number of hydrogen-bond acceptors (Lipinski definition) is 2. The Bertz CT molecular complexity index is 669. The Kier molecular flexibility index (Phi) is 5.56. The fourth-order valence-electron chi connectivity index (χ4n) is 1.56. The minimum absolute atomic E-state index is 0.403. The summed E-state index contributed by atoms with van der Waals surface area (Å²) in [5, 5.41) is 8.59. The van der Waals surface area contributed by atoms with Crippen LogP contribution in [0.15, 0.2) is 47.6 Å². The molecule has 2 aromatic rings.